The van der Waals surface area contributed by atoms with Crippen molar-refractivity contribution in [1.29, 1.82) is 0 Å². The van der Waals surface area contributed by atoms with Crippen LogP contribution < -0.4 is 5.32 Å². The number of amides is 2. The van der Waals surface area contributed by atoms with Crippen LogP contribution in [0.25, 0.3) is 0 Å². The molecule has 1 aliphatic heterocycles. The van der Waals surface area contributed by atoms with Gasteiger partial charge in [0.1, 0.15) is 12.6 Å². The molecule has 0 aliphatic carbocycles. The fourth-order valence-corrected chi connectivity index (χ4v) is 3.80. The van der Waals surface area contributed by atoms with Crippen molar-refractivity contribution >= 4 is 12.0 Å². The molecule has 2 amide bonds. The van der Waals surface area contributed by atoms with Crippen molar-refractivity contribution in [3.63, 3.8) is 0 Å². The van der Waals surface area contributed by atoms with E-state index in [1.807, 2.05) is 74.5 Å². The lowest BCUT2D eigenvalue weighted by molar-refractivity contribution is -0.136. The van der Waals surface area contributed by atoms with Crippen LogP contribution in [0.1, 0.15) is 31.4 Å². The number of aliphatic hydroxyl groups is 1. The molecule has 1 saturated heterocycles. The second-order valence-corrected chi connectivity index (χ2v) is 8.07. The molecule has 2 aromatic carbocycles. The third-order valence-corrected chi connectivity index (χ3v) is 5.50. The van der Waals surface area contributed by atoms with E-state index in [1.165, 1.54) is 0 Å². The number of alkyl carbamates (subject to hydrolysis) is 1. The molecule has 0 spiro atoms. The zero-order valence-corrected chi connectivity index (χ0v) is 17.5. The topological polar surface area (TPSA) is 78.9 Å². The first-order valence-electron chi connectivity index (χ1n) is 10.5. The number of hydrogen-bond donors (Lipinski definition) is 2. The van der Waals surface area contributed by atoms with Crippen molar-refractivity contribution in [2.75, 3.05) is 6.54 Å². The molecule has 1 fully saturated rings. The van der Waals surface area contributed by atoms with Gasteiger partial charge < -0.3 is 20.1 Å². The van der Waals surface area contributed by atoms with Crippen LogP contribution in [-0.4, -0.2) is 46.7 Å². The number of hydrogen-bond acceptors (Lipinski definition) is 4. The van der Waals surface area contributed by atoms with Gasteiger partial charge in [-0.1, -0.05) is 74.5 Å². The number of benzene rings is 2. The Labute approximate surface area is 177 Å². The predicted octanol–water partition coefficient (Wildman–Crippen LogP) is 3.14. The van der Waals surface area contributed by atoms with Crippen LogP contribution in [0, 0.1) is 5.92 Å². The van der Waals surface area contributed by atoms with Crippen LogP contribution in [0.4, 0.5) is 4.79 Å². The van der Waals surface area contributed by atoms with E-state index in [-0.39, 0.29) is 24.5 Å². The van der Waals surface area contributed by atoms with E-state index in [4.69, 9.17) is 4.74 Å². The van der Waals surface area contributed by atoms with Crippen molar-refractivity contribution in [3.8, 4) is 0 Å². The van der Waals surface area contributed by atoms with Crippen LogP contribution >= 0.6 is 0 Å². The maximum atomic E-state index is 13.3. The molecule has 0 saturated carbocycles. The summed E-state index contributed by atoms with van der Waals surface area (Å²) in [4.78, 5) is 27.3. The lowest BCUT2D eigenvalue weighted by Gasteiger charge is -2.31. The van der Waals surface area contributed by atoms with Crippen molar-refractivity contribution in [1.82, 2.24) is 10.2 Å². The van der Waals surface area contributed by atoms with E-state index in [0.29, 0.717) is 19.4 Å². The largest absolute Gasteiger partial charge is 0.445 e. The molecule has 6 nitrogen and oxygen atoms in total. The Bertz CT molecular complexity index is 826. The number of likely N-dealkylation sites (tertiary alicyclic amines) is 1. The Morgan fingerprint density at radius 3 is 2.27 bits per heavy atom. The quantitative estimate of drug-likeness (QED) is 0.735. The van der Waals surface area contributed by atoms with Gasteiger partial charge in [0.25, 0.3) is 0 Å². The van der Waals surface area contributed by atoms with Crippen molar-refractivity contribution in [3.05, 3.63) is 71.8 Å². The minimum absolute atomic E-state index is 0.114. The normalized spacial score (nSPS) is 19.5. The van der Waals surface area contributed by atoms with Gasteiger partial charge in [-0.05, 0) is 29.9 Å². The molecule has 160 valence electrons. The van der Waals surface area contributed by atoms with E-state index in [1.54, 1.807) is 4.90 Å². The Morgan fingerprint density at radius 2 is 1.67 bits per heavy atom. The maximum Gasteiger partial charge on any atom is 0.408 e. The van der Waals surface area contributed by atoms with E-state index >= 15 is 0 Å². The molecule has 3 rings (SSSR count). The molecule has 30 heavy (non-hydrogen) atoms. The minimum Gasteiger partial charge on any atom is -0.445 e. The van der Waals surface area contributed by atoms with E-state index < -0.39 is 18.2 Å². The highest BCUT2D eigenvalue weighted by Crippen LogP contribution is 2.24. The third-order valence-electron chi connectivity index (χ3n) is 5.50. The molecular formula is C24H30N2O4. The molecule has 0 radical (unpaired) electrons. The highest BCUT2D eigenvalue weighted by molar-refractivity contribution is 5.86. The summed E-state index contributed by atoms with van der Waals surface area (Å²) in [7, 11) is 0. The summed E-state index contributed by atoms with van der Waals surface area (Å²) in [5.41, 5.74) is 1.95. The molecule has 1 aliphatic rings. The lowest BCUT2D eigenvalue weighted by atomic mass is 9.99. The SMILES string of the molecule is CC(C)C(NC(=O)OCc1ccccc1)C(=O)N1CC[C@@H](O)[C@@H]1Cc1ccccc1. The summed E-state index contributed by atoms with van der Waals surface area (Å²) >= 11 is 0. The van der Waals surface area contributed by atoms with Crippen LogP contribution in [0.5, 0.6) is 0 Å². The van der Waals surface area contributed by atoms with Crippen molar-refractivity contribution in [2.45, 2.75) is 51.5 Å². The van der Waals surface area contributed by atoms with Crippen LogP contribution in [0.15, 0.2) is 60.7 Å². The van der Waals surface area contributed by atoms with Crippen molar-refractivity contribution < 1.29 is 19.4 Å². The number of ether oxygens (including phenoxy) is 1. The average Bonchev–Trinajstić information content (AvgIpc) is 3.11. The summed E-state index contributed by atoms with van der Waals surface area (Å²) in [6, 6.07) is 18.2. The van der Waals surface area contributed by atoms with Gasteiger partial charge in [0.05, 0.1) is 12.1 Å². The number of aliphatic hydroxyl groups excluding tert-OH is 1. The minimum atomic E-state index is -0.711. The molecule has 2 N–H and O–H groups in total. The average molecular weight is 411 g/mol. The molecule has 6 heteroatoms. The molecular weight excluding hydrogens is 380 g/mol. The molecule has 3 atom stereocenters. The maximum absolute atomic E-state index is 13.3. The van der Waals surface area contributed by atoms with Gasteiger partial charge in [0.15, 0.2) is 0 Å². The van der Waals surface area contributed by atoms with Gasteiger partial charge in [-0.3, -0.25) is 4.79 Å². The smallest absolute Gasteiger partial charge is 0.408 e. The fraction of sp³-hybridized carbons (Fsp3) is 0.417. The molecule has 0 bridgehead atoms. The van der Waals surface area contributed by atoms with Gasteiger partial charge in [-0.25, -0.2) is 4.79 Å². The summed E-state index contributed by atoms with van der Waals surface area (Å²) in [6.07, 6.45) is -0.0824. The lowest BCUT2D eigenvalue weighted by Crippen LogP contribution is -2.53. The van der Waals surface area contributed by atoms with Gasteiger partial charge in [0.2, 0.25) is 5.91 Å². The van der Waals surface area contributed by atoms with E-state index in [9.17, 15) is 14.7 Å². The standard InChI is InChI=1S/C24H30N2O4/c1-17(2)22(25-24(29)30-16-19-11-7-4-8-12-19)23(28)26-14-13-21(27)20(26)15-18-9-5-3-6-10-18/h3-12,17,20-22,27H,13-16H2,1-2H3,(H,25,29)/t20-,21+,22?/m0/s1. The second-order valence-electron chi connectivity index (χ2n) is 8.07. The summed E-state index contributed by atoms with van der Waals surface area (Å²) in [5.74, 6) is -0.295. The van der Waals surface area contributed by atoms with Crippen LogP contribution in [0.2, 0.25) is 0 Å². The van der Waals surface area contributed by atoms with E-state index in [0.717, 1.165) is 11.1 Å². The van der Waals surface area contributed by atoms with Gasteiger partial charge >= 0.3 is 6.09 Å². The molecule has 2 aromatic rings. The zero-order valence-electron chi connectivity index (χ0n) is 17.5. The Kier molecular flexibility index (Phi) is 7.46. The highest BCUT2D eigenvalue weighted by Gasteiger charge is 2.39. The highest BCUT2D eigenvalue weighted by atomic mass is 16.5. The number of nitrogens with zero attached hydrogens (tertiary/aromatic N) is 1. The first kappa shape index (κ1) is 21.8. The van der Waals surface area contributed by atoms with E-state index in [2.05, 4.69) is 5.32 Å². The predicted molar refractivity (Wildman–Crippen MR) is 115 cm³/mol. The molecule has 0 aromatic heterocycles. The third kappa shape index (κ3) is 5.60. The van der Waals surface area contributed by atoms with Gasteiger partial charge in [-0.2, -0.15) is 0 Å². The summed E-state index contributed by atoms with van der Waals surface area (Å²) < 4.78 is 5.29. The monoisotopic (exact) mass is 410 g/mol. The number of nitrogens with one attached hydrogen (secondary N) is 1. The van der Waals surface area contributed by atoms with Crippen LogP contribution in [-0.2, 0) is 22.6 Å². The number of carbonyl (C=O) groups excluding carboxylic acids is 2. The fourth-order valence-electron chi connectivity index (χ4n) is 3.80. The first-order valence-corrected chi connectivity index (χ1v) is 10.5. The Balaban J connectivity index is 1.64. The van der Waals surface area contributed by atoms with Gasteiger partial charge in [-0.15, -0.1) is 0 Å². The Hall–Kier alpha value is -2.86. The first-order chi connectivity index (χ1) is 14.5. The zero-order chi connectivity index (χ0) is 21.5. The van der Waals surface area contributed by atoms with Crippen molar-refractivity contribution in [2.24, 2.45) is 5.92 Å². The summed E-state index contributed by atoms with van der Waals surface area (Å²) in [6.45, 7) is 4.39. The second kappa shape index (κ2) is 10.3. The van der Waals surface area contributed by atoms with Crippen LogP contribution in [0.3, 0.4) is 0 Å². The molecule has 1 unspecified atom stereocenters. The Morgan fingerprint density at radius 1 is 1.07 bits per heavy atom. The molecule has 1 heterocycles. The van der Waals surface area contributed by atoms with Gasteiger partial charge in [0, 0.05) is 6.54 Å². The number of carbonyl (C=O) groups is 2. The number of rotatable bonds is 7. The summed E-state index contributed by atoms with van der Waals surface area (Å²) in [5, 5.41) is 13.2.